The Morgan fingerprint density at radius 1 is 1.06 bits per heavy atom. The Labute approximate surface area is 199 Å². The van der Waals surface area contributed by atoms with Gasteiger partial charge in [-0.1, -0.05) is 0 Å². The number of rotatable bonds is 13. The average Bonchev–Trinajstić information content (AvgIpc) is 2.75. The molecule has 1 rings (SSSR count). The van der Waals surface area contributed by atoms with Crippen LogP contribution in [0.2, 0.25) is 0 Å². The van der Waals surface area contributed by atoms with Crippen molar-refractivity contribution in [2.24, 2.45) is 5.73 Å². The topological polar surface area (TPSA) is 220 Å². The van der Waals surface area contributed by atoms with E-state index in [9.17, 15) is 32.2 Å². The van der Waals surface area contributed by atoms with E-state index < -0.39 is 76.6 Å². The third-order valence-electron chi connectivity index (χ3n) is 4.23. The Morgan fingerprint density at radius 2 is 1.67 bits per heavy atom. The number of hydrogen-bond donors (Lipinski definition) is 8. The number of carboxylic acid groups (broad SMARTS) is 2. The molecule has 8 N–H and O–H groups in total. The van der Waals surface area contributed by atoms with Crippen molar-refractivity contribution in [3.05, 3.63) is 24.3 Å². The summed E-state index contributed by atoms with van der Waals surface area (Å²) in [6.45, 7) is -1.39. The van der Waals surface area contributed by atoms with Crippen LogP contribution in [-0.4, -0.2) is 99.2 Å². The van der Waals surface area contributed by atoms with Crippen molar-refractivity contribution in [2.75, 3.05) is 24.2 Å². The Kier molecular flexibility index (Phi) is 11.9. The number of benzene rings is 1. The number of nitrogens with zero attached hydrogens (tertiary/aromatic N) is 1. The van der Waals surface area contributed by atoms with E-state index in [0.717, 1.165) is 4.90 Å². The first-order valence-electron chi connectivity index (χ1n) is 9.42. The van der Waals surface area contributed by atoms with Gasteiger partial charge in [0.25, 0.3) is 0 Å². The van der Waals surface area contributed by atoms with Crippen LogP contribution in [0.4, 0.5) is 5.69 Å². The van der Waals surface area contributed by atoms with E-state index in [-0.39, 0.29) is 17.9 Å². The second kappa shape index (κ2) is 13.8. The molecule has 1 aromatic rings. The zero-order chi connectivity index (χ0) is 25.1. The van der Waals surface area contributed by atoms with Crippen LogP contribution in [0.25, 0.3) is 0 Å². The van der Waals surface area contributed by atoms with E-state index in [1.165, 1.54) is 24.3 Å². The minimum Gasteiger partial charge on any atom is -0.480 e. The smallest absolute Gasteiger partial charge is 0.480 e. The number of nitrogens with one attached hydrogen (secondary N) is 2. The van der Waals surface area contributed by atoms with Crippen molar-refractivity contribution in [3.8, 4) is 0 Å². The van der Waals surface area contributed by atoms with E-state index in [4.69, 9.17) is 15.9 Å². The molecule has 0 unspecified atom stereocenters. The molecular weight excluding hydrogens is 523 g/mol. The number of thiol groups is 1. The summed E-state index contributed by atoms with van der Waals surface area (Å²) in [6.07, 6.45) is -0.673. The van der Waals surface area contributed by atoms with Crippen molar-refractivity contribution in [3.63, 3.8) is 0 Å². The summed E-state index contributed by atoms with van der Waals surface area (Å²) in [5.41, 5.74) is 6.05. The number of hydrogen-bond acceptors (Lipinski definition) is 9. The average molecular weight is 548 g/mol. The Balaban J connectivity index is 3.04. The standard InChI is InChI=1S/C18H25AsN4O9S/c20-12(5-6-15(25)26)18(30)23(13(9-33)17(29)21-7-16(27)28)8-14(24)22-11-3-1-10(2-4-11)19(31)32/h1-4,12-13,31-33H,5-9,20H2,(H,21,29)(H,22,24)(H,25,26)(H,27,28)/t12-,13-/m0/s1. The van der Waals surface area contributed by atoms with Crippen LogP contribution in [0.3, 0.4) is 0 Å². The zero-order valence-corrected chi connectivity index (χ0v) is 20.0. The number of nitrogens with two attached hydrogens (primary N) is 1. The number of carboxylic acids is 2. The fourth-order valence-electron chi connectivity index (χ4n) is 2.59. The molecule has 0 heterocycles. The third-order valence-corrected chi connectivity index (χ3v) is 6.17. The van der Waals surface area contributed by atoms with Gasteiger partial charge in [0.2, 0.25) is 0 Å². The van der Waals surface area contributed by atoms with Crippen LogP contribution in [0.5, 0.6) is 0 Å². The molecule has 33 heavy (non-hydrogen) atoms. The van der Waals surface area contributed by atoms with Gasteiger partial charge in [-0.3, -0.25) is 9.59 Å². The van der Waals surface area contributed by atoms with Crippen LogP contribution in [0.1, 0.15) is 12.8 Å². The molecule has 0 fully saturated rings. The molecule has 15 heteroatoms. The molecule has 0 bridgehead atoms. The van der Waals surface area contributed by atoms with Gasteiger partial charge in [-0.15, -0.1) is 0 Å². The SMILES string of the molecule is N[C@@H](CCC(=O)O)C(=O)N(CC(=O)Nc1ccc([As](O)O)cc1)[C@@H](CS)C(=O)NCC(=O)O. The van der Waals surface area contributed by atoms with Gasteiger partial charge in [0.1, 0.15) is 0 Å². The molecule has 0 saturated heterocycles. The molecule has 2 atom stereocenters. The van der Waals surface area contributed by atoms with Crippen LogP contribution in [0, 0.1) is 0 Å². The van der Waals surface area contributed by atoms with Crippen LogP contribution in [-0.2, 0) is 24.0 Å². The van der Waals surface area contributed by atoms with Crippen molar-refractivity contribution < 1.29 is 42.4 Å². The summed E-state index contributed by atoms with van der Waals surface area (Å²) in [7, 11) is 0. The van der Waals surface area contributed by atoms with Gasteiger partial charge in [0, 0.05) is 0 Å². The molecule has 0 radical (unpaired) electrons. The molecular formula is C18H25AsN4O9S. The van der Waals surface area contributed by atoms with Gasteiger partial charge in [-0.05, 0) is 0 Å². The summed E-state index contributed by atoms with van der Waals surface area (Å²) in [6, 6.07) is 2.97. The van der Waals surface area contributed by atoms with Crippen LogP contribution >= 0.6 is 12.6 Å². The zero-order valence-electron chi connectivity index (χ0n) is 17.2. The summed E-state index contributed by atoms with van der Waals surface area (Å²) in [5.74, 6) is -5.29. The predicted octanol–water partition coefficient (Wildman–Crippen LogP) is -3.18. The molecule has 1 aromatic carbocycles. The molecule has 13 nitrogen and oxygen atoms in total. The second-order valence-electron chi connectivity index (χ2n) is 6.70. The Bertz CT molecular complexity index is 869. The summed E-state index contributed by atoms with van der Waals surface area (Å²) in [4.78, 5) is 60.2. The quantitative estimate of drug-likeness (QED) is 0.0913. The fourth-order valence-corrected chi connectivity index (χ4v) is 3.83. The predicted molar refractivity (Wildman–Crippen MR) is 120 cm³/mol. The van der Waals surface area contributed by atoms with E-state index in [0.29, 0.717) is 4.35 Å². The van der Waals surface area contributed by atoms with Crippen molar-refractivity contribution >= 4 is 67.7 Å². The molecule has 0 aromatic heterocycles. The van der Waals surface area contributed by atoms with Crippen molar-refractivity contribution in [2.45, 2.75) is 24.9 Å². The first kappa shape index (κ1) is 28.4. The van der Waals surface area contributed by atoms with E-state index in [1.807, 2.05) is 0 Å². The third kappa shape index (κ3) is 9.80. The molecule has 0 spiro atoms. The van der Waals surface area contributed by atoms with E-state index in [1.54, 1.807) is 0 Å². The maximum absolute atomic E-state index is 12.9. The molecule has 3 amide bonds. The second-order valence-corrected chi connectivity index (χ2v) is 9.36. The number of aliphatic carboxylic acids is 2. The molecule has 182 valence electrons. The van der Waals surface area contributed by atoms with E-state index in [2.05, 4.69) is 23.3 Å². The normalized spacial score (nSPS) is 12.5. The summed E-state index contributed by atoms with van der Waals surface area (Å²) >= 11 is 0.953. The van der Waals surface area contributed by atoms with Gasteiger partial charge in [0.15, 0.2) is 0 Å². The minimum atomic E-state index is -3.07. The maximum atomic E-state index is 12.9. The van der Waals surface area contributed by atoms with Crippen LogP contribution < -0.4 is 20.7 Å². The molecule has 0 aliphatic carbocycles. The number of carbonyl (C=O) groups excluding carboxylic acids is 3. The van der Waals surface area contributed by atoms with Gasteiger partial charge >= 0.3 is 180 Å². The van der Waals surface area contributed by atoms with Crippen molar-refractivity contribution in [1.29, 1.82) is 0 Å². The van der Waals surface area contributed by atoms with Gasteiger partial charge in [0.05, 0.1) is 0 Å². The fraction of sp³-hybridized carbons (Fsp3) is 0.389. The Hall–Kier alpha value is -2.64. The first-order chi connectivity index (χ1) is 15.5. The van der Waals surface area contributed by atoms with Gasteiger partial charge < -0.3 is 10.2 Å². The summed E-state index contributed by atoms with van der Waals surface area (Å²) in [5, 5.41) is 22.2. The van der Waals surface area contributed by atoms with E-state index >= 15 is 0 Å². The number of anilines is 1. The first-order valence-corrected chi connectivity index (χ1v) is 12.7. The van der Waals surface area contributed by atoms with Crippen LogP contribution in [0.15, 0.2) is 24.3 Å². The van der Waals surface area contributed by atoms with Gasteiger partial charge in [-0.25, -0.2) is 0 Å². The number of carbonyl (C=O) groups is 5. The molecule has 0 saturated carbocycles. The van der Waals surface area contributed by atoms with Gasteiger partial charge in [-0.2, -0.15) is 0 Å². The Morgan fingerprint density at radius 3 is 2.15 bits per heavy atom. The monoisotopic (exact) mass is 548 g/mol. The minimum absolute atomic E-state index is 0.253. The molecule has 0 aliphatic rings. The summed E-state index contributed by atoms with van der Waals surface area (Å²) < 4.78 is 18.9. The molecule has 0 aliphatic heterocycles. The van der Waals surface area contributed by atoms with Crippen molar-refractivity contribution in [1.82, 2.24) is 10.2 Å². The number of amides is 3.